The van der Waals surface area contributed by atoms with Crippen molar-refractivity contribution in [2.45, 2.75) is 6.42 Å². The second-order valence-corrected chi connectivity index (χ2v) is 4.96. The van der Waals surface area contributed by atoms with Gasteiger partial charge in [-0.2, -0.15) is 0 Å². The molecule has 1 heterocycles. The van der Waals surface area contributed by atoms with Crippen LogP contribution in [0, 0.1) is 0 Å². The standard InChI is InChI=1S/C17H18N2O/c20-17-10-11-18-12-13-19(17)16-8-6-15(7-9-16)14-4-2-1-3-5-14/h1-9,18H,10-13H2. The lowest BCUT2D eigenvalue weighted by atomic mass is 10.1. The van der Waals surface area contributed by atoms with Gasteiger partial charge in [0.05, 0.1) is 0 Å². The van der Waals surface area contributed by atoms with E-state index < -0.39 is 0 Å². The van der Waals surface area contributed by atoms with E-state index in [9.17, 15) is 4.79 Å². The van der Waals surface area contributed by atoms with Gasteiger partial charge in [0.2, 0.25) is 5.91 Å². The van der Waals surface area contributed by atoms with Gasteiger partial charge in [0.25, 0.3) is 0 Å². The van der Waals surface area contributed by atoms with Crippen LogP contribution in [0.2, 0.25) is 0 Å². The first-order valence-corrected chi connectivity index (χ1v) is 7.01. The molecule has 0 aromatic heterocycles. The summed E-state index contributed by atoms with van der Waals surface area (Å²) in [6.45, 7) is 2.37. The van der Waals surface area contributed by atoms with E-state index >= 15 is 0 Å². The molecule has 0 radical (unpaired) electrons. The Labute approximate surface area is 119 Å². The molecule has 20 heavy (non-hydrogen) atoms. The zero-order chi connectivity index (χ0) is 13.8. The van der Waals surface area contributed by atoms with E-state index in [2.05, 4.69) is 29.6 Å². The fraction of sp³-hybridized carbons (Fsp3) is 0.235. The molecule has 1 N–H and O–H groups in total. The van der Waals surface area contributed by atoms with E-state index in [0.29, 0.717) is 6.42 Å². The highest BCUT2D eigenvalue weighted by molar-refractivity contribution is 5.94. The maximum atomic E-state index is 12.1. The second-order valence-electron chi connectivity index (χ2n) is 4.96. The second kappa shape index (κ2) is 5.88. The first-order valence-electron chi connectivity index (χ1n) is 7.01. The molecule has 1 aliphatic heterocycles. The smallest absolute Gasteiger partial charge is 0.228 e. The van der Waals surface area contributed by atoms with Crippen molar-refractivity contribution in [3.05, 3.63) is 54.6 Å². The molecule has 3 nitrogen and oxygen atoms in total. The van der Waals surface area contributed by atoms with Crippen molar-refractivity contribution in [2.24, 2.45) is 0 Å². The Bertz CT molecular complexity index is 578. The maximum Gasteiger partial charge on any atom is 0.228 e. The number of carbonyl (C=O) groups is 1. The average Bonchev–Trinajstić information content (AvgIpc) is 2.73. The van der Waals surface area contributed by atoms with Gasteiger partial charge in [-0.05, 0) is 23.3 Å². The number of rotatable bonds is 2. The zero-order valence-electron chi connectivity index (χ0n) is 11.4. The number of amides is 1. The predicted octanol–water partition coefficient (Wildman–Crippen LogP) is 2.68. The Morgan fingerprint density at radius 1 is 0.850 bits per heavy atom. The third-order valence-electron chi connectivity index (χ3n) is 3.61. The normalized spacial score (nSPS) is 16.0. The van der Waals surface area contributed by atoms with Gasteiger partial charge in [-0.1, -0.05) is 42.5 Å². The molecule has 1 saturated heterocycles. The summed E-state index contributed by atoms with van der Waals surface area (Å²) in [5, 5.41) is 3.25. The molecule has 0 bridgehead atoms. The van der Waals surface area contributed by atoms with Crippen molar-refractivity contribution in [3.63, 3.8) is 0 Å². The molecule has 1 amide bonds. The number of nitrogens with zero attached hydrogens (tertiary/aromatic N) is 1. The van der Waals surface area contributed by atoms with Gasteiger partial charge in [-0.25, -0.2) is 0 Å². The molecule has 102 valence electrons. The van der Waals surface area contributed by atoms with Crippen molar-refractivity contribution in [1.29, 1.82) is 0 Å². The number of hydrogen-bond acceptors (Lipinski definition) is 2. The maximum absolute atomic E-state index is 12.1. The molecule has 0 spiro atoms. The predicted molar refractivity (Wildman–Crippen MR) is 81.7 cm³/mol. The quantitative estimate of drug-likeness (QED) is 0.906. The van der Waals surface area contributed by atoms with E-state index in [4.69, 9.17) is 0 Å². The third-order valence-corrected chi connectivity index (χ3v) is 3.61. The summed E-state index contributed by atoms with van der Waals surface area (Å²) in [6, 6.07) is 18.5. The molecule has 2 aromatic carbocycles. The molecule has 2 aromatic rings. The molecule has 1 fully saturated rings. The minimum Gasteiger partial charge on any atom is -0.314 e. The number of nitrogens with one attached hydrogen (secondary N) is 1. The van der Waals surface area contributed by atoms with Crippen LogP contribution in [0.4, 0.5) is 5.69 Å². The van der Waals surface area contributed by atoms with Crippen LogP contribution in [-0.2, 0) is 4.79 Å². The first kappa shape index (κ1) is 12.9. The summed E-state index contributed by atoms with van der Waals surface area (Å²) in [6.07, 6.45) is 0.570. The molecule has 3 rings (SSSR count). The monoisotopic (exact) mass is 266 g/mol. The molecule has 0 aliphatic carbocycles. The molecular weight excluding hydrogens is 248 g/mol. The lowest BCUT2D eigenvalue weighted by Crippen LogP contribution is -2.32. The molecular formula is C17H18N2O. The lowest BCUT2D eigenvalue weighted by molar-refractivity contribution is -0.118. The van der Waals surface area contributed by atoms with Gasteiger partial charge in [-0.3, -0.25) is 4.79 Å². The van der Waals surface area contributed by atoms with Crippen LogP contribution in [0.3, 0.4) is 0 Å². The van der Waals surface area contributed by atoms with Gasteiger partial charge < -0.3 is 10.2 Å². The van der Waals surface area contributed by atoms with E-state index in [1.54, 1.807) is 0 Å². The van der Waals surface area contributed by atoms with Crippen LogP contribution >= 0.6 is 0 Å². The molecule has 0 atom stereocenters. The summed E-state index contributed by atoms with van der Waals surface area (Å²) in [7, 11) is 0. The van der Waals surface area contributed by atoms with Crippen LogP contribution in [0.25, 0.3) is 11.1 Å². The highest BCUT2D eigenvalue weighted by Crippen LogP contribution is 2.23. The highest BCUT2D eigenvalue weighted by atomic mass is 16.2. The van der Waals surface area contributed by atoms with Crippen LogP contribution in [-0.4, -0.2) is 25.5 Å². The number of carbonyl (C=O) groups excluding carboxylic acids is 1. The van der Waals surface area contributed by atoms with Gasteiger partial charge in [-0.15, -0.1) is 0 Å². The summed E-state index contributed by atoms with van der Waals surface area (Å²) < 4.78 is 0. The van der Waals surface area contributed by atoms with Crippen LogP contribution in [0.1, 0.15) is 6.42 Å². The minimum absolute atomic E-state index is 0.197. The van der Waals surface area contributed by atoms with Crippen molar-refractivity contribution in [3.8, 4) is 11.1 Å². The van der Waals surface area contributed by atoms with Crippen molar-refractivity contribution in [2.75, 3.05) is 24.5 Å². The van der Waals surface area contributed by atoms with E-state index in [0.717, 1.165) is 25.3 Å². The Balaban J connectivity index is 1.84. The molecule has 1 aliphatic rings. The fourth-order valence-electron chi connectivity index (χ4n) is 2.51. The Hall–Kier alpha value is -2.13. The lowest BCUT2D eigenvalue weighted by Gasteiger charge is -2.20. The Morgan fingerprint density at radius 2 is 1.55 bits per heavy atom. The minimum atomic E-state index is 0.197. The zero-order valence-corrected chi connectivity index (χ0v) is 11.4. The number of anilines is 1. The Morgan fingerprint density at radius 3 is 2.30 bits per heavy atom. The van der Waals surface area contributed by atoms with Gasteiger partial charge in [0.1, 0.15) is 0 Å². The summed E-state index contributed by atoms with van der Waals surface area (Å²) in [4.78, 5) is 13.9. The van der Waals surface area contributed by atoms with Crippen LogP contribution in [0.5, 0.6) is 0 Å². The fourth-order valence-corrected chi connectivity index (χ4v) is 2.51. The molecule has 3 heteroatoms. The van der Waals surface area contributed by atoms with Crippen molar-refractivity contribution in [1.82, 2.24) is 5.32 Å². The summed E-state index contributed by atoms with van der Waals surface area (Å²) in [5.74, 6) is 0.197. The SMILES string of the molecule is O=C1CCNCCN1c1ccc(-c2ccccc2)cc1. The van der Waals surface area contributed by atoms with E-state index in [1.165, 1.54) is 11.1 Å². The van der Waals surface area contributed by atoms with Gasteiger partial charge in [0, 0.05) is 31.7 Å². The average molecular weight is 266 g/mol. The summed E-state index contributed by atoms with van der Waals surface area (Å²) in [5.41, 5.74) is 3.36. The highest BCUT2D eigenvalue weighted by Gasteiger charge is 2.17. The molecule has 0 saturated carbocycles. The van der Waals surface area contributed by atoms with Gasteiger partial charge >= 0.3 is 0 Å². The first-order chi connectivity index (χ1) is 9.84. The molecule has 0 unspecified atom stereocenters. The topological polar surface area (TPSA) is 32.3 Å². The Kier molecular flexibility index (Phi) is 3.79. The number of hydrogen-bond donors (Lipinski definition) is 1. The largest absolute Gasteiger partial charge is 0.314 e. The van der Waals surface area contributed by atoms with Crippen molar-refractivity contribution < 1.29 is 4.79 Å². The number of benzene rings is 2. The summed E-state index contributed by atoms with van der Waals surface area (Å²) >= 11 is 0. The van der Waals surface area contributed by atoms with Crippen molar-refractivity contribution >= 4 is 11.6 Å². The van der Waals surface area contributed by atoms with Crippen LogP contribution < -0.4 is 10.2 Å². The van der Waals surface area contributed by atoms with Gasteiger partial charge in [0.15, 0.2) is 0 Å². The third kappa shape index (κ3) is 2.73. The van der Waals surface area contributed by atoms with Crippen LogP contribution in [0.15, 0.2) is 54.6 Å². The van der Waals surface area contributed by atoms with E-state index in [-0.39, 0.29) is 5.91 Å². The van der Waals surface area contributed by atoms with E-state index in [1.807, 2.05) is 35.2 Å².